The smallest absolute Gasteiger partial charge is 0.423 e. The van der Waals surface area contributed by atoms with E-state index in [9.17, 15) is 26.9 Å². The first-order chi connectivity index (χ1) is 32.0. The van der Waals surface area contributed by atoms with Crippen molar-refractivity contribution in [1.29, 1.82) is 0 Å². The van der Waals surface area contributed by atoms with Gasteiger partial charge < -0.3 is 29.1 Å². The summed E-state index contributed by atoms with van der Waals surface area (Å²) in [5.74, 6) is 1.73. The molecule has 0 saturated carbocycles. The van der Waals surface area contributed by atoms with Crippen LogP contribution in [-0.2, 0) is 20.2 Å². The van der Waals surface area contributed by atoms with E-state index in [0.29, 0.717) is 67.8 Å². The Morgan fingerprint density at radius 2 is 1.19 bits per heavy atom. The third-order valence-corrected chi connectivity index (χ3v) is 22.8. The van der Waals surface area contributed by atoms with Gasteiger partial charge in [0, 0.05) is 75.5 Å². The van der Waals surface area contributed by atoms with Gasteiger partial charge in [-0.15, -0.1) is 0 Å². The first kappa shape index (κ1) is 52.6. The minimum absolute atomic E-state index is 0.352. The molecule has 2 aromatic carbocycles. The Hall–Kier alpha value is -4.74. The fourth-order valence-corrected chi connectivity index (χ4v) is 18.4. The standard InChI is InChI=1S/C18H22N6O2S.C16H22N4O2S.C13H26BNO2Si/c1-13-9-16-17(10-15(13)14-3-4-20-11-14)21-12-22-18(16)23-5-2-6-24(8-7-23)27(19,25)26;1-12-9-14-15(10-13(12)2)17-11-18-16(14)19-5-4-6-20(8-7-19)23(3,21)22;1-10(2)18(11(3)4,12(5)6)15-8-7-13(9-15)14(16)17/h3-4,9-12,20H,2,5-8H2,1H3,(H2,19,25,26);9-11H,4-8H2,1-3H3;7-12,16-17H,1-6H3. The van der Waals surface area contributed by atoms with Crippen molar-refractivity contribution in [2.45, 2.75) is 91.8 Å². The highest BCUT2D eigenvalue weighted by atomic mass is 32.2. The average Bonchev–Trinajstić information content (AvgIpc) is 3.84. The lowest BCUT2D eigenvalue weighted by Gasteiger charge is -2.44. The molecule has 4 aromatic heterocycles. The van der Waals surface area contributed by atoms with E-state index >= 15 is 0 Å². The zero-order chi connectivity index (χ0) is 49.7. The molecule has 5 N–H and O–H groups in total. The number of aromatic amines is 1. The van der Waals surface area contributed by atoms with Gasteiger partial charge >= 0.3 is 7.12 Å². The van der Waals surface area contributed by atoms with Crippen LogP contribution in [-0.4, -0.2) is 139 Å². The minimum Gasteiger partial charge on any atom is -0.423 e. The number of nitrogens with one attached hydrogen (secondary N) is 1. The number of fused-ring (bicyclic) bond motifs is 2. The maximum atomic E-state index is 11.8. The topological polar surface area (TPSA) is 220 Å². The van der Waals surface area contributed by atoms with Crippen LogP contribution >= 0.6 is 0 Å². The molecule has 0 bridgehead atoms. The number of sulfonamides is 1. The monoisotopic (exact) mass is 987 g/mol. The molecule has 2 fully saturated rings. The first-order valence-corrected chi connectivity index (χ1v) is 28.9. The van der Waals surface area contributed by atoms with Crippen molar-refractivity contribution in [2.75, 3.05) is 68.4 Å². The van der Waals surface area contributed by atoms with Crippen LogP contribution in [0.2, 0.25) is 16.6 Å². The van der Waals surface area contributed by atoms with Crippen molar-refractivity contribution in [3.05, 3.63) is 90.5 Å². The summed E-state index contributed by atoms with van der Waals surface area (Å²) in [7, 11) is -9.90. The van der Waals surface area contributed by atoms with Crippen molar-refractivity contribution in [3.63, 3.8) is 0 Å². The van der Waals surface area contributed by atoms with E-state index in [1.54, 1.807) is 17.0 Å². The number of hydrogen-bond donors (Lipinski definition) is 4. The molecule has 6 aromatic rings. The van der Waals surface area contributed by atoms with Gasteiger partial charge in [0.15, 0.2) is 8.24 Å². The van der Waals surface area contributed by atoms with Crippen molar-refractivity contribution >= 4 is 74.5 Å². The lowest BCUT2D eigenvalue weighted by molar-refractivity contribution is 0.425. The predicted octanol–water partition coefficient (Wildman–Crippen LogP) is 5.56. The Bertz CT molecular complexity index is 2860. The van der Waals surface area contributed by atoms with Crippen LogP contribution in [0, 0.1) is 20.8 Å². The lowest BCUT2D eigenvalue weighted by atomic mass is 9.83. The third kappa shape index (κ3) is 11.8. The molecule has 8 rings (SSSR count). The molecular weight excluding hydrogens is 918 g/mol. The predicted molar refractivity (Wildman–Crippen MR) is 279 cm³/mol. The summed E-state index contributed by atoms with van der Waals surface area (Å²) in [6, 6.07) is 12.2. The molecule has 6 heterocycles. The second-order valence-corrected chi connectivity index (χ2v) is 28.3. The van der Waals surface area contributed by atoms with Crippen LogP contribution < -0.4 is 20.4 Å². The van der Waals surface area contributed by atoms with Crippen LogP contribution in [0.15, 0.2) is 73.8 Å². The largest absolute Gasteiger partial charge is 0.489 e. The third-order valence-electron chi connectivity index (χ3n) is 13.7. The van der Waals surface area contributed by atoms with E-state index < -0.39 is 35.6 Å². The van der Waals surface area contributed by atoms with Crippen LogP contribution in [0.4, 0.5) is 11.6 Å². The molecule has 0 radical (unpaired) electrons. The highest BCUT2D eigenvalue weighted by Gasteiger charge is 2.45. The Morgan fingerprint density at radius 1 is 0.676 bits per heavy atom. The number of H-pyrrole nitrogens is 1. The Kier molecular flexibility index (Phi) is 17.0. The molecule has 0 atom stereocenters. The average molecular weight is 988 g/mol. The van der Waals surface area contributed by atoms with E-state index in [0.717, 1.165) is 69.6 Å². The Morgan fingerprint density at radius 3 is 1.68 bits per heavy atom. The summed E-state index contributed by atoms with van der Waals surface area (Å²) in [6.07, 6.45) is 13.7. The summed E-state index contributed by atoms with van der Waals surface area (Å²) in [5.41, 5.74) is 10.0. The fraction of sp³-hybridized carbons (Fsp3) is 0.489. The molecule has 0 unspecified atom stereocenters. The molecule has 2 aliphatic rings. The molecule has 0 spiro atoms. The van der Waals surface area contributed by atoms with Gasteiger partial charge in [0.1, 0.15) is 24.3 Å². The molecular formula is C47H70BN11O6S2Si. The SMILES string of the molecule is CC(C)[Si](C(C)C)(C(C)C)n1ccc(B(O)O)c1.Cc1cc2c(N3CCCN(S(N)(=O)=O)CC3)ncnc2cc1-c1cc[nH]c1.Cc1cc2ncnc(N3CCCN(S(C)(=O)=O)CC3)c2cc1C. The quantitative estimate of drug-likeness (QED) is 0.124. The number of aryl methyl sites for hydroxylation is 3. The Labute approximate surface area is 404 Å². The van der Waals surface area contributed by atoms with Gasteiger partial charge in [-0.25, -0.2) is 37.8 Å². The zero-order valence-corrected chi connectivity index (χ0v) is 43.9. The summed E-state index contributed by atoms with van der Waals surface area (Å²) in [6.45, 7) is 24.5. The molecule has 0 aliphatic carbocycles. The number of benzene rings is 2. The summed E-state index contributed by atoms with van der Waals surface area (Å²) in [4.78, 5) is 25.2. The highest BCUT2D eigenvalue weighted by Crippen LogP contribution is 2.42. The van der Waals surface area contributed by atoms with Crippen molar-refractivity contribution in [1.82, 2.24) is 37.8 Å². The van der Waals surface area contributed by atoms with E-state index in [1.807, 2.05) is 36.9 Å². The van der Waals surface area contributed by atoms with E-state index in [2.05, 4.69) is 126 Å². The van der Waals surface area contributed by atoms with Gasteiger partial charge in [-0.1, -0.05) is 41.5 Å². The normalized spacial score (nSPS) is 15.9. The highest BCUT2D eigenvalue weighted by molar-refractivity contribution is 7.88. The molecule has 2 saturated heterocycles. The van der Waals surface area contributed by atoms with E-state index in [-0.39, 0.29) is 0 Å². The van der Waals surface area contributed by atoms with Gasteiger partial charge in [0.25, 0.3) is 10.2 Å². The van der Waals surface area contributed by atoms with Crippen molar-refractivity contribution in [3.8, 4) is 11.1 Å². The van der Waals surface area contributed by atoms with Crippen molar-refractivity contribution < 1.29 is 26.9 Å². The minimum atomic E-state index is -3.66. The first-order valence-electron chi connectivity index (χ1n) is 23.4. The summed E-state index contributed by atoms with van der Waals surface area (Å²) >= 11 is 0. The number of nitrogens with two attached hydrogens (primary N) is 1. The fourth-order valence-electron chi connectivity index (χ4n) is 10.3. The number of rotatable bonds is 10. The molecule has 68 heavy (non-hydrogen) atoms. The number of hydrogen-bond acceptors (Lipinski definition) is 12. The van der Waals surface area contributed by atoms with Gasteiger partial charge in [0.05, 0.1) is 17.3 Å². The second kappa shape index (κ2) is 21.9. The van der Waals surface area contributed by atoms with Crippen LogP contribution in [0.25, 0.3) is 32.9 Å². The van der Waals surface area contributed by atoms with Gasteiger partial charge in [-0.2, -0.15) is 12.7 Å². The number of nitrogens with zero attached hydrogens (tertiary/aromatic N) is 9. The summed E-state index contributed by atoms with van der Waals surface area (Å²) in [5, 5.41) is 25.8. The van der Waals surface area contributed by atoms with E-state index in [4.69, 9.17) is 5.14 Å². The number of aromatic nitrogens is 6. The van der Waals surface area contributed by atoms with Gasteiger partial charge in [0.2, 0.25) is 10.0 Å². The maximum absolute atomic E-state index is 11.8. The lowest BCUT2D eigenvalue weighted by Crippen LogP contribution is -2.51. The van der Waals surface area contributed by atoms with Crippen LogP contribution in [0.5, 0.6) is 0 Å². The Balaban J connectivity index is 0.000000172. The van der Waals surface area contributed by atoms with Gasteiger partial charge in [-0.3, -0.25) is 0 Å². The van der Waals surface area contributed by atoms with Crippen LogP contribution in [0.1, 0.15) is 71.1 Å². The van der Waals surface area contributed by atoms with Crippen LogP contribution in [0.3, 0.4) is 0 Å². The zero-order valence-electron chi connectivity index (χ0n) is 41.3. The van der Waals surface area contributed by atoms with Gasteiger partial charge in [-0.05, 0) is 132 Å². The molecule has 368 valence electrons. The number of anilines is 2. The maximum Gasteiger partial charge on any atom is 0.489 e. The molecule has 21 heteroatoms. The molecule has 0 amide bonds. The summed E-state index contributed by atoms with van der Waals surface area (Å²) < 4.78 is 52.0. The van der Waals surface area contributed by atoms with Crippen molar-refractivity contribution in [2.24, 2.45) is 5.14 Å². The van der Waals surface area contributed by atoms with E-state index in [1.165, 1.54) is 21.7 Å². The molecule has 17 nitrogen and oxygen atoms in total. The second-order valence-electron chi connectivity index (χ2n) is 19.0. The molecule has 2 aliphatic heterocycles.